The van der Waals surface area contributed by atoms with Gasteiger partial charge in [0.1, 0.15) is 18.1 Å². The van der Waals surface area contributed by atoms with Gasteiger partial charge in [0, 0.05) is 11.6 Å². The van der Waals surface area contributed by atoms with Crippen LogP contribution < -0.4 is 15.4 Å². The molecule has 2 aromatic carbocycles. The van der Waals surface area contributed by atoms with Crippen LogP contribution in [-0.4, -0.2) is 42.9 Å². The largest absolute Gasteiger partial charge is 0.496 e. The van der Waals surface area contributed by atoms with Gasteiger partial charge in [-0.2, -0.15) is 0 Å². The maximum Gasteiger partial charge on any atom is 0.325 e. The molecule has 3 rings (SSSR count). The minimum Gasteiger partial charge on any atom is -0.496 e. The first-order chi connectivity index (χ1) is 14.8. The van der Waals surface area contributed by atoms with Crippen molar-refractivity contribution in [2.45, 2.75) is 19.4 Å². The van der Waals surface area contributed by atoms with Crippen LogP contribution in [0.1, 0.15) is 24.1 Å². The first kappa shape index (κ1) is 22.6. The number of carbonyl (C=O) groups excluding carboxylic acids is 3. The average Bonchev–Trinajstić information content (AvgIpc) is 2.88. The molecule has 4 amide bonds. The molecule has 1 saturated heterocycles. The number of ether oxygens (including phenoxy) is 1. The lowest BCUT2D eigenvalue weighted by atomic mass is 9.97. The van der Waals surface area contributed by atoms with Crippen LogP contribution >= 0.6 is 11.6 Å². The van der Waals surface area contributed by atoms with Gasteiger partial charge in [0.15, 0.2) is 0 Å². The van der Waals surface area contributed by atoms with E-state index in [1.807, 2.05) is 0 Å². The van der Waals surface area contributed by atoms with E-state index in [1.54, 1.807) is 37.3 Å². The third-order valence-electron chi connectivity index (χ3n) is 5.13. The van der Waals surface area contributed by atoms with Crippen molar-refractivity contribution < 1.29 is 23.5 Å². The molecule has 0 bridgehead atoms. The Balaban J connectivity index is 1.77. The number of hydrogen-bond acceptors (Lipinski definition) is 4. The monoisotopic (exact) mass is 447 g/mol. The summed E-state index contributed by atoms with van der Waals surface area (Å²) in [5.41, 5.74) is 1.37. The van der Waals surface area contributed by atoms with Crippen molar-refractivity contribution in [3.05, 3.63) is 64.4 Å². The second-order valence-electron chi connectivity index (χ2n) is 7.31. The van der Waals surface area contributed by atoms with Gasteiger partial charge in [0.05, 0.1) is 19.1 Å². The predicted octanol–water partition coefficient (Wildman–Crippen LogP) is 3.08. The highest BCUT2D eigenvalue weighted by molar-refractivity contribution is 6.30. The highest BCUT2D eigenvalue weighted by Gasteiger charge is 2.35. The van der Waals surface area contributed by atoms with Crippen molar-refractivity contribution in [2.75, 3.05) is 20.2 Å². The third-order valence-corrected chi connectivity index (χ3v) is 5.36. The third kappa shape index (κ3) is 5.52. The van der Waals surface area contributed by atoms with Crippen LogP contribution in [0.3, 0.4) is 0 Å². The van der Waals surface area contributed by atoms with Crippen LogP contribution in [0.4, 0.5) is 9.18 Å². The molecule has 31 heavy (non-hydrogen) atoms. The van der Waals surface area contributed by atoms with E-state index in [0.717, 1.165) is 4.90 Å². The lowest BCUT2D eigenvalue weighted by Crippen LogP contribution is -2.48. The number of nitrogens with one attached hydrogen (secondary N) is 2. The number of rotatable bonds is 5. The van der Waals surface area contributed by atoms with E-state index in [0.29, 0.717) is 21.9 Å². The van der Waals surface area contributed by atoms with Gasteiger partial charge < -0.3 is 15.4 Å². The molecule has 0 aliphatic carbocycles. The van der Waals surface area contributed by atoms with E-state index >= 15 is 0 Å². The number of amides is 4. The molecule has 0 radical (unpaired) electrons. The molecule has 1 heterocycles. The van der Waals surface area contributed by atoms with Gasteiger partial charge in [-0.3, -0.25) is 14.5 Å². The molecule has 1 aliphatic rings. The molecule has 2 aromatic rings. The number of benzene rings is 2. The highest BCUT2D eigenvalue weighted by Crippen LogP contribution is 2.26. The fraction of sp³-hybridized carbons (Fsp3) is 0.318. The van der Waals surface area contributed by atoms with Gasteiger partial charge in [-0.25, -0.2) is 9.18 Å². The zero-order valence-corrected chi connectivity index (χ0v) is 17.9. The molecule has 1 fully saturated rings. The topological polar surface area (TPSA) is 87.7 Å². The van der Waals surface area contributed by atoms with Crippen LogP contribution in [0.5, 0.6) is 5.75 Å². The number of methoxy groups -OCH3 is 1. The molecular weight excluding hydrogens is 425 g/mol. The van der Waals surface area contributed by atoms with Gasteiger partial charge >= 0.3 is 6.03 Å². The summed E-state index contributed by atoms with van der Waals surface area (Å²) in [5.74, 6) is -1.41. The first-order valence-electron chi connectivity index (χ1n) is 9.75. The second kappa shape index (κ2) is 9.78. The van der Waals surface area contributed by atoms with Crippen molar-refractivity contribution in [3.63, 3.8) is 0 Å². The van der Waals surface area contributed by atoms with Gasteiger partial charge in [0.25, 0.3) is 0 Å². The van der Waals surface area contributed by atoms with Crippen molar-refractivity contribution in [1.29, 1.82) is 0 Å². The number of imide groups is 1. The van der Waals surface area contributed by atoms with E-state index in [4.69, 9.17) is 16.3 Å². The molecule has 1 aliphatic heterocycles. The molecule has 0 aromatic heterocycles. The Labute approximate surface area is 184 Å². The number of nitrogens with zero attached hydrogens (tertiary/aromatic N) is 1. The fourth-order valence-corrected chi connectivity index (χ4v) is 3.62. The van der Waals surface area contributed by atoms with Gasteiger partial charge in [-0.15, -0.1) is 0 Å². The standard InChI is InChI=1S/C22H23ClFN3O4/c1-13(14-3-6-18(24)7-4-14)26-22(30)27-12-20(28)25-11-16(21(27)29)9-15-10-17(23)5-8-19(15)31-2/h3-8,10,13,16H,9,11-12H2,1-2H3,(H,25,28)(H,26,30)/t13-,16?/m1/s1. The molecule has 164 valence electrons. The van der Waals surface area contributed by atoms with E-state index in [1.165, 1.54) is 19.2 Å². The van der Waals surface area contributed by atoms with Crippen molar-refractivity contribution in [2.24, 2.45) is 5.92 Å². The summed E-state index contributed by atoms with van der Waals surface area (Å²) in [5, 5.41) is 5.86. The van der Waals surface area contributed by atoms with Crippen molar-refractivity contribution >= 4 is 29.4 Å². The Hall–Kier alpha value is -3.13. The molecule has 0 spiro atoms. The van der Waals surface area contributed by atoms with Crippen molar-refractivity contribution in [3.8, 4) is 5.75 Å². The number of hydrogen-bond donors (Lipinski definition) is 2. The molecule has 0 saturated carbocycles. The van der Waals surface area contributed by atoms with Crippen LogP contribution in [0.15, 0.2) is 42.5 Å². The zero-order valence-electron chi connectivity index (χ0n) is 17.2. The van der Waals surface area contributed by atoms with E-state index in [2.05, 4.69) is 10.6 Å². The lowest BCUT2D eigenvalue weighted by Gasteiger charge is -2.24. The van der Waals surface area contributed by atoms with Gasteiger partial charge in [-0.05, 0) is 54.8 Å². The molecular formula is C22H23ClFN3O4. The normalized spacial score (nSPS) is 17.5. The maximum atomic E-state index is 13.1. The molecule has 7 nitrogen and oxygen atoms in total. The molecule has 1 unspecified atom stereocenters. The van der Waals surface area contributed by atoms with Crippen LogP contribution in [0, 0.1) is 11.7 Å². The maximum absolute atomic E-state index is 13.1. The van der Waals surface area contributed by atoms with Gasteiger partial charge in [-0.1, -0.05) is 23.7 Å². The quantitative estimate of drug-likeness (QED) is 0.737. The zero-order chi connectivity index (χ0) is 22.5. The Kier molecular flexibility index (Phi) is 7.12. The molecule has 9 heteroatoms. The fourth-order valence-electron chi connectivity index (χ4n) is 3.42. The van der Waals surface area contributed by atoms with E-state index in [-0.39, 0.29) is 25.3 Å². The summed E-state index contributed by atoms with van der Waals surface area (Å²) in [6, 6.07) is 9.57. The Bertz CT molecular complexity index is 983. The summed E-state index contributed by atoms with van der Waals surface area (Å²) in [6.07, 6.45) is 0.236. The van der Waals surface area contributed by atoms with Crippen LogP contribution in [0.25, 0.3) is 0 Å². The Morgan fingerprint density at radius 2 is 2.00 bits per heavy atom. The van der Waals surface area contributed by atoms with Crippen LogP contribution in [-0.2, 0) is 16.0 Å². The summed E-state index contributed by atoms with van der Waals surface area (Å²) in [7, 11) is 1.51. The van der Waals surface area contributed by atoms with Gasteiger partial charge in [0.2, 0.25) is 11.8 Å². The summed E-state index contributed by atoms with van der Waals surface area (Å²) in [6.45, 7) is 1.41. The summed E-state index contributed by atoms with van der Waals surface area (Å²) >= 11 is 6.08. The Morgan fingerprint density at radius 1 is 1.29 bits per heavy atom. The number of halogens is 2. The van der Waals surface area contributed by atoms with Crippen LogP contribution in [0.2, 0.25) is 5.02 Å². The summed E-state index contributed by atoms with van der Waals surface area (Å²) < 4.78 is 18.5. The lowest BCUT2D eigenvalue weighted by molar-refractivity contribution is -0.133. The second-order valence-corrected chi connectivity index (χ2v) is 7.74. The van der Waals surface area contributed by atoms with Crippen molar-refractivity contribution in [1.82, 2.24) is 15.5 Å². The number of carbonyl (C=O) groups is 3. The molecule has 2 atom stereocenters. The predicted molar refractivity (Wildman–Crippen MR) is 113 cm³/mol. The smallest absolute Gasteiger partial charge is 0.325 e. The summed E-state index contributed by atoms with van der Waals surface area (Å²) in [4.78, 5) is 39.0. The Morgan fingerprint density at radius 3 is 2.68 bits per heavy atom. The average molecular weight is 448 g/mol. The van der Waals surface area contributed by atoms with E-state index < -0.39 is 29.8 Å². The minimum absolute atomic E-state index is 0.0879. The number of urea groups is 1. The van der Waals surface area contributed by atoms with E-state index in [9.17, 15) is 18.8 Å². The SMILES string of the molecule is COc1ccc(Cl)cc1CC1CNC(=O)CN(C(=O)N[C@H](C)c2ccc(F)cc2)C1=O. The highest BCUT2D eigenvalue weighted by atomic mass is 35.5. The first-order valence-corrected chi connectivity index (χ1v) is 10.1. The molecule has 2 N–H and O–H groups in total. The minimum atomic E-state index is -0.693.